The van der Waals surface area contributed by atoms with Gasteiger partial charge in [0.1, 0.15) is 0 Å². The number of aliphatic hydroxyl groups is 4. The van der Waals surface area contributed by atoms with Crippen LogP contribution in [0.25, 0.3) is 0 Å². The van der Waals surface area contributed by atoms with Crippen LogP contribution in [0.3, 0.4) is 0 Å². The summed E-state index contributed by atoms with van der Waals surface area (Å²) in [4.78, 5) is 17.3. The molecule has 0 fully saturated rings. The summed E-state index contributed by atoms with van der Waals surface area (Å²) in [6.07, 6.45) is 9.93. The number of hydrogen-bond acceptors (Lipinski definition) is 6. The standard InChI is InChI=1S/C22H44N2O5S/c25-17-9-1-5-13-23(14-6-2-10-18-26)21(29)22(30)24(15-7-3-11-19-27)16-8-4-12-20-28/h25-28H,1-20H2. The first-order chi connectivity index (χ1) is 14.6. The molecule has 0 saturated heterocycles. The molecular weight excluding hydrogens is 404 g/mol. The first kappa shape index (κ1) is 29.2. The first-order valence-corrected chi connectivity index (χ1v) is 12.0. The largest absolute Gasteiger partial charge is 0.396 e. The second-order valence-electron chi connectivity index (χ2n) is 7.72. The van der Waals surface area contributed by atoms with E-state index in [4.69, 9.17) is 32.6 Å². The van der Waals surface area contributed by atoms with Crippen molar-refractivity contribution in [3.05, 3.63) is 0 Å². The summed E-state index contributed by atoms with van der Waals surface area (Å²) in [5.74, 6) is -0.109. The van der Waals surface area contributed by atoms with E-state index >= 15 is 0 Å². The van der Waals surface area contributed by atoms with Gasteiger partial charge in [-0.2, -0.15) is 0 Å². The number of aliphatic hydroxyl groups excluding tert-OH is 4. The summed E-state index contributed by atoms with van der Waals surface area (Å²) < 4.78 is 0. The number of carbonyl (C=O) groups excluding carboxylic acids is 1. The maximum atomic E-state index is 13.2. The first-order valence-electron chi connectivity index (χ1n) is 11.6. The van der Waals surface area contributed by atoms with Gasteiger partial charge in [0.05, 0.1) is 0 Å². The fourth-order valence-corrected chi connectivity index (χ4v) is 3.58. The summed E-state index contributed by atoms with van der Waals surface area (Å²) in [5, 5.41) is 35.9. The van der Waals surface area contributed by atoms with E-state index in [2.05, 4.69) is 0 Å². The highest BCUT2D eigenvalue weighted by molar-refractivity contribution is 7.81. The molecule has 0 aromatic rings. The van der Waals surface area contributed by atoms with Crippen LogP contribution in [0.5, 0.6) is 0 Å². The molecule has 0 radical (unpaired) electrons. The molecule has 0 spiro atoms. The highest BCUT2D eigenvalue weighted by atomic mass is 32.1. The number of amides is 1. The van der Waals surface area contributed by atoms with Gasteiger partial charge in [0.2, 0.25) is 0 Å². The summed E-state index contributed by atoms with van der Waals surface area (Å²) in [7, 11) is 0. The van der Waals surface area contributed by atoms with Crippen LogP contribution < -0.4 is 0 Å². The summed E-state index contributed by atoms with van der Waals surface area (Å²) >= 11 is 5.59. The molecule has 0 saturated carbocycles. The maximum absolute atomic E-state index is 13.2. The molecule has 178 valence electrons. The lowest BCUT2D eigenvalue weighted by molar-refractivity contribution is -0.124. The Labute approximate surface area is 188 Å². The minimum absolute atomic E-state index is 0.109. The lowest BCUT2D eigenvalue weighted by Gasteiger charge is -2.29. The molecule has 0 rings (SSSR count). The molecule has 8 heteroatoms. The van der Waals surface area contributed by atoms with Gasteiger partial charge < -0.3 is 30.2 Å². The summed E-state index contributed by atoms with van der Waals surface area (Å²) in [6.45, 7) is 3.34. The second kappa shape index (κ2) is 21.4. The second-order valence-corrected chi connectivity index (χ2v) is 8.11. The van der Waals surface area contributed by atoms with Crippen LogP contribution >= 0.6 is 12.2 Å². The predicted molar refractivity (Wildman–Crippen MR) is 124 cm³/mol. The third-order valence-electron chi connectivity index (χ3n) is 5.10. The van der Waals surface area contributed by atoms with Crippen molar-refractivity contribution in [1.82, 2.24) is 9.80 Å². The molecule has 0 unspecified atom stereocenters. The van der Waals surface area contributed by atoms with Crippen LogP contribution in [0.1, 0.15) is 77.0 Å². The number of thiocarbonyl (C=S) groups is 1. The monoisotopic (exact) mass is 448 g/mol. The van der Waals surface area contributed by atoms with E-state index in [1.165, 1.54) is 0 Å². The van der Waals surface area contributed by atoms with E-state index in [1.807, 2.05) is 9.80 Å². The van der Waals surface area contributed by atoms with Crippen LogP contribution in [0.4, 0.5) is 0 Å². The van der Waals surface area contributed by atoms with Crippen LogP contribution in [-0.4, -0.2) is 93.7 Å². The lowest BCUT2D eigenvalue weighted by Crippen LogP contribution is -2.45. The molecule has 0 bridgehead atoms. The van der Waals surface area contributed by atoms with Crippen molar-refractivity contribution in [3.8, 4) is 0 Å². The van der Waals surface area contributed by atoms with Crippen molar-refractivity contribution in [2.45, 2.75) is 77.0 Å². The SMILES string of the molecule is O=C(C(=S)N(CCCCCO)CCCCCO)N(CCCCCO)CCCCCO. The van der Waals surface area contributed by atoms with Crippen LogP contribution in [-0.2, 0) is 4.79 Å². The Morgan fingerprint density at radius 3 is 1.10 bits per heavy atom. The molecule has 4 N–H and O–H groups in total. The number of carbonyl (C=O) groups is 1. The van der Waals surface area contributed by atoms with Gasteiger partial charge in [-0.3, -0.25) is 4.79 Å². The third kappa shape index (κ3) is 15.1. The Bertz CT molecular complexity index is 364. The number of hydrogen-bond donors (Lipinski definition) is 4. The van der Waals surface area contributed by atoms with Crippen LogP contribution in [0, 0.1) is 0 Å². The molecule has 0 heterocycles. The van der Waals surface area contributed by atoms with E-state index in [9.17, 15) is 4.79 Å². The smallest absolute Gasteiger partial charge is 0.281 e. The van der Waals surface area contributed by atoms with Gasteiger partial charge in [0, 0.05) is 52.6 Å². The molecule has 7 nitrogen and oxygen atoms in total. The average Bonchev–Trinajstić information content (AvgIpc) is 2.76. The van der Waals surface area contributed by atoms with Gasteiger partial charge in [0.25, 0.3) is 5.91 Å². The normalized spacial score (nSPS) is 10.9. The van der Waals surface area contributed by atoms with Gasteiger partial charge >= 0.3 is 0 Å². The Morgan fingerprint density at radius 2 is 0.800 bits per heavy atom. The number of unbranched alkanes of at least 4 members (excludes halogenated alkanes) is 8. The van der Waals surface area contributed by atoms with Crippen molar-refractivity contribution < 1.29 is 25.2 Å². The molecule has 0 aromatic heterocycles. The summed E-state index contributed by atoms with van der Waals surface area (Å²) in [5.41, 5.74) is 0. The number of rotatable bonds is 20. The van der Waals surface area contributed by atoms with Crippen LogP contribution in [0.15, 0.2) is 0 Å². The Balaban J connectivity index is 4.89. The molecule has 0 aliphatic carbocycles. The zero-order valence-corrected chi connectivity index (χ0v) is 19.5. The Morgan fingerprint density at radius 1 is 0.500 bits per heavy atom. The number of nitrogens with zero attached hydrogens (tertiary/aromatic N) is 2. The van der Waals surface area contributed by atoms with Gasteiger partial charge in [-0.15, -0.1) is 0 Å². The fraction of sp³-hybridized carbons (Fsp3) is 0.909. The van der Waals surface area contributed by atoms with Gasteiger partial charge in [-0.25, -0.2) is 0 Å². The quantitative estimate of drug-likeness (QED) is 0.167. The fourth-order valence-electron chi connectivity index (χ4n) is 3.27. The Hall–Kier alpha value is -0.800. The molecule has 30 heavy (non-hydrogen) atoms. The molecule has 0 aliphatic rings. The molecule has 0 aliphatic heterocycles. The zero-order chi connectivity index (χ0) is 22.5. The molecule has 0 atom stereocenters. The van der Waals surface area contributed by atoms with Crippen molar-refractivity contribution in [3.63, 3.8) is 0 Å². The topological polar surface area (TPSA) is 104 Å². The highest BCUT2D eigenvalue weighted by Crippen LogP contribution is 2.10. The van der Waals surface area contributed by atoms with Gasteiger partial charge in [-0.05, 0) is 77.0 Å². The van der Waals surface area contributed by atoms with Crippen molar-refractivity contribution in [2.24, 2.45) is 0 Å². The van der Waals surface area contributed by atoms with Gasteiger partial charge in [-0.1, -0.05) is 12.2 Å². The van der Waals surface area contributed by atoms with E-state index < -0.39 is 0 Å². The minimum Gasteiger partial charge on any atom is -0.396 e. The van der Waals surface area contributed by atoms with E-state index in [0.717, 1.165) is 77.0 Å². The Kier molecular flexibility index (Phi) is 20.9. The highest BCUT2D eigenvalue weighted by Gasteiger charge is 2.22. The van der Waals surface area contributed by atoms with E-state index in [-0.39, 0.29) is 32.3 Å². The zero-order valence-electron chi connectivity index (χ0n) is 18.6. The third-order valence-corrected chi connectivity index (χ3v) is 5.53. The van der Waals surface area contributed by atoms with Crippen molar-refractivity contribution in [1.29, 1.82) is 0 Å². The van der Waals surface area contributed by atoms with Crippen molar-refractivity contribution in [2.75, 3.05) is 52.6 Å². The summed E-state index contributed by atoms with van der Waals surface area (Å²) in [6, 6.07) is 0. The predicted octanol–water partition coefficient (Wildman–Crippen LogP) is 2.09. The van der Waals surface area contributed by atoms with Crippen LogP contribution in [0.2, 0.25) is 0 Å². The molecule has 0 aromatic carbocycles. The van der Waals surface area contributed by atoms with E-state index in [0.29, 0.717) is 31.2 Å². The van der Waals surface area contributed by atoms with Crippen molar-refractivity contribution >= 4 is 23.1 Å². The maximum Gasteiger partial charge on any atom is 0.281 e. The van der Waals surface area contributed by atoms with E-state index in [1.54, 1.807) is 0 Å². The molecule has 1 amide bonds. The minimum atomic E-state index is -0.109. The molecular formula is C22H44N2O5S. The average molecular weight is 449 g/mol. The van der Waals surface area contributed by atoms with Gasteiger partial charge in [0.15, 0.2) is 4.99 Å². The lowest BCUT2D eigenvalue weighted by atomic mass is 10.2.